The molecule has 0 radical (unpaired) electrons. The lowest BCUT2D eigenvalue weighted by molar-refractivity contribution is -0.117. The average Bonchev–Trinajstić information content (AvgIpc) is 3.12. The van der Waals surface area contributed by atoms with E-state index in [2.05, 4.69) is 11.1 Å². The number of rotatable bonds is 4. The van der Waals surface area contributed by atoms with Gasteiger partial charge >= 0.3 is 0 Å². The number of aryl methyl sites for hydroxylation is 1. The molecule has 0 atom stereocenters. The third-order valence-electron chi connectivity index (χ3n) is 4.70. The first-order chi connectivity index (χ1) is 12.7. The molecule has 2 heterocycles. The second kappa shape index (κ2) is 6.96. The van der Waals surface area contributed by atoms with Gasteiger partial charge in [-0.05, 0) is 36.6 Å². The molecule has 0 spiro atoms. The second-order valence-electron chi connectivity index (χ2n) is 6.44. The molecule has 0 bridgehead atoms. The first-order valence-corrected chi connectivity index (χ1v) is 9.52. The molecule has 1 amide bonds. The Hall–Kier alpha value is -2.60. The standard InChI is InChI=1S/C20H21N3O2S/c1-22(20-21-19-16(25-2)10-5-11-17(19)26-20)13-18(24)23-12-6-8-14-7-3-4-9-15(14)23/h3-5,7,9-11H,6,8,12-13H2,1-2H3. The van der Waals surface area contributed by atoms with Gasteiger partial charge in [0.25, 0.3) is 0 Å². The van der Waals surface area contributed by atoms with E-state index in [-0.39, 0.29) is 5.91 Å². The minimum Gasteiger partial charge on any atom is -0.494 e. The van der Waals surface area contributed by atoms with Crippen LogP contribution in [-0.4, -0.2) is 38.1 Å². The summed E-state index contributed by atoms with van der Waals surface area (Å²) in [4.78, 5) is 21.4. The summed E-state index contributed by atoms with van der Waals surface area (Å²) in [5, 5.41) is 0.822. The maximum atomic E-state index is 12.9. The van der Waals surface area contributed by atoms with E-state index in [1.165, 1.54) is 5.56 Å². The normalized spacial score (nSPS) is 13.5. The summed E-state index contributed by atoms with van der Waals surface area (Å²) >= 11 is 1.57. The predicted molar refractivity (Wildman–Crippen MR) is 107 cm³/mol. The zero-order valence-corrected chi connectivity index (χ0v) is 15.8. The number of nitrogens with zero attached hydrogens (tertiary/aromatic N) is 3. The van der Waals surface area contributed by atoms with Crippen LogP contribution in [0.4, 0.5) is 10.8 Å². The van der Waals surface area contributed by atoms with Crippen LogP contribution in [0.2, 0.25) is 0 Å². The summed E-state index contributed by atoms with van der Waals surface area (Å²) < 4.78 is 6.44. The van der Waals surface area contributed by atoms with E-state index in [0.29, 0.717) is 6.54 Å². The van der Waals surface area contributed by atoms with Crippen molar-refractivity contribution in [2.45, 2.75) is 12.8 Å². The van der Waals surface area contributed by atoms with E-state index < -0.39 is 0 Å². The van der Waals surface area contributed by atoms with Crippen molar-refractivity contribution in [3.63, 3.8) is 0 Å². The highest BCUT2D eigenvalue weighted by Gasteiger charge is 2.24. The first-order valence-electron chi connectivity index (χ1n) is 8.70. The van der Waals surface area contributed by atoms with Crippen molar-refractivity contribution in [3.05, 3.63) is 48.0 Å². The van der Waals surface area contributed by atoms with Crippen molar-refractivity contribution >= 4 is 38.3 Å². The van der Waals surface area contributed by atoms with Crippen LogP contribution in [0.1, 0.15) is 12.0 Å². The second-order valence-corrected chi connectivity index (χ2v) is 7.45. The van der Waals surface area contributed by atoms with Gasteiger partial charge in [-0.15, -0.1) is 0 Å². The van der Waals surface area contributed by atoms with Gasteiger partial charge in [0.15, 0.2) is 5.13 Å². The molecule has 0 fully saturated rings. The van der Waals surface area contributed by atoms with Crippen LogP contribution in [0, 0.1) is 0 Å². The molecule has 0 unspecified atom stereocenters. The molecule has 2 aromatic carbocycles. The molecule has 0 saturated carbocycles. The molecule has 0 N–H and O–H groups in total. The Bertz CT molecular complexity index is 953. The number of thiazole rings is 1. The fraction of sp³-hybridized carbons (Fsp3) is 0.300. The quantitative estimate of drug-likeness (QED) is 0.705. The molecule has 6 heteroatoms. The Morgan fingerprint density at radius 3 is 2.96 bits per heavy atom. The van der Waals surface area contributed by atoms with Crippen molar-refractivity contribution in [3.8, 4) is 5.75 Å². The summed E-state index contributed by atoms with van der Waals surface area (Å²) in [7, 11) is 3.56. The first kappa shape index (κ1) is 16.8. The number of fused-ring (bicyclic) bond motifs is 2. The lowest BCUT2D eigenvalue weighted by Crippen LogP contribution is -2.41. The number of carbonyl (C=O) groups is 1. The Kier molecular flexibility index (Phi) is 4.51. The molecular weight excluding hydrogens is 346 g/mol. The highest BCUT2D eigenvalue weighted by molar-refractivity contribution is 7.22. The van der Waals surface area contributed by atoms with Gasteiger partial charge in [-0.1, -0.05) is 35.6 Å². The van der Waals surface area contributed by atoms with Crippen LogP contribution in [-0.2, 0) is 11.2 Å². The topological polar surface area (TPSA) is 45.7 Å². The van der Waals surface area contributed by atoms with Gasteiger partial charge in [0.05, 0.1) is 18.4 Å². The fourth-order valence-corrected chi connectivity index (χ4v) is 4.33. The van der Waals surface area contributed by atoms with Gasteiger partial charge in [0.2, 0.25) is 5.91 Å². The number of hydrogen-bond acceptors (Lipinski definition) is 5. The van der Waals surface area contributed by atoms with Crippen molar-refractivity contribution in [1.29, 1.82) is 0 Å². The summed E-state index contributed by atoms with van der Waals surface area (Å²) in [5.74, 6) is 0.862. The number of hydrogen-bond donors (Lipinski definition) is 0. The van der Waals surface area contributed by atoms with Gasteiger partial charge in [0, 0.05) is 19.3 Å². The average molecular weight is 367 g/mol. The number of aromatic nitrogens is 1. The smallest absolute Gasteiger partial charge is 0.246 e. The lowest BCUT2D eigenvalue weighted by Gasteiger charge is -2.30. The summed E-state index contributed by atoms with van der Waals surface area (Å²) in [5.41, 5.74) is 3.14. The zero-order chi connectivity index (χ0) is 18.1. The van der Waals surface area contributed by atoms with E-state index in [0.717, 1.165) is 46.2 Å². The molecule has 26 heavy (non-hydrogen) atoms. The molecule has 0 aliphatic carbocycles. The van der Waals surface area contributed by atoms with Crippen LogP contribution >= 0.6 is 11.3 Å². The largest absolute Gasteiger partial charge is 0.494 e. The van der Waals surface area contributed by atoms with Crippen LogP contribution < -0.4 is 14.5 Å². The number of amides is 1. The number of benzene rings is 2. The van der Waals surface area contributed by atoms with E-state index in [1.807, 2.05) is 53.2 Å². The van der Waals surface area contributed by atoms with Crippen molar-refractivity contribution in [1.82, 2.24) is 4.98 Å². The van der Waals surface area contributed by atoms with E-state index in [9.17, 15) is 4.79 Å². The number of methoxy groups -OCH3 is 1. The fourth-order valence-electron chi connectivity index (χ4n) is 3.39. The van der Waals surface area contributed by atoms with Gasteiger partial charge in [-0.2, -0.15) is 0 Å². The van der Waals surface area contributed by atoms with Crippen LogP contribution in [0.3, 0.4) is 0 Å². The monoisotopic (exact) mass is 367 g/mol. The van der Waals surface area contributed by atoms with E-state index in [4.69, 9.17) is 4.74 Å². The summed E-state index contributed by atoms with van der Waals surface area (Å²) in [6.45, 7) is 1.08. The molecular formula is C20H21N3O2S. The van der Waals surface area contributed by atoms with Gasteiger partial charge in [-0.25, -0.2) is 4.98 Å². The van der Waals surface area contributed by atoms with Crippen molar-refractivity contribution in [2.75, 3.05) is 37.0 Å². The number of para-hydroxylation sites is 2. The highest BCUT2D eigenvalue weighted by Crippen LogP contribution is 2.34. The molecule has 3 aromatic rings. The van der Waals surface area contributed by atoms with E-state index in [1.54, 1.807) is 18.4 Å². The third-order valence-corrected chi connectivity index (χ3v) is 5.84. The van der Waals surface area contributed by atoms with Crippen molar-refractivity contribution in [2.24, 2.45) is 0 Å². The maximum absolute atomic E-state index is 12.9. The Morgan fingerprint density at radius 2 is 2.12 bits per heavy atom. The van der Waals surface area contributed by atoms with E-state index >= 15 is 0 Å². The van der Waals surface area contributed by atoms with Gasteiger partial charge < -0.3 is 14.5 Å². The predicted octanol–water partition coefficient (Wildman–Crippen LogP) is 3.72. The third kappa shape index (κ3) is 3.01. The lowest BCUT2D eigenvalue weighted by atomic mass is 10.0. The Labute approximate surface area is 156 Å². The molecule has 0 saturated heterocycles. The molecule has 134 valence electrons. The van der Waals surface area contributed by atoms with Crippen molar-refractivity contribution < 1.29 is 9.53 Å². The number of ether oxygens (including phenoxy) is 1. The minimum atomic E-state index is 0.103. The van der Waals surface area contributed by atoms with Gasteiger partial charge in [-0.3, -0.25) is 4.79 Å². The summed E-state index contributed by atoms with van der Waals surface area (Å²) in [6, 6.07) is 14.1. The number of anilines is 2. The summed E-state index contributed by atoms with van der Waals surface area (Å²) in [6.07, 6.45) is 2.04. The van der Waals surface area contributed by atoms with Gasteiger partial charge in [0.1, 0.15) is 11.3 Å². The molecule has 4 rings (SSSR count). The molecule has 1 aromatic heterocycles. The maximum Gasteiger partial charge on any atom is 0.246 e. The molecule has 1 aliphatic rings. The molecule has 1 aliphatic heterocycles. The Morgan fingerprint density at radius 1 is 1.27 bits per heavy atom. The Balaban J connectivity index is 1.55. The minimum absolute atomic E-state index is 0.103. The van der Waals surface area contributed by atoms with Crippen LogP contribution in [0.5, 0.6) is 5.75 Å². The SMILES string of the molecule is COc1cccc2sc(N(C)CC(=O)N3CCCc4ccccc43)nc12. The highest BCUT2D eigenvalue weighted by atomic mass is 32.1. The van der Waals surface area contributed by atoms with Crippen LogP contribution in [0.25, 0.3) is 10.2 Å². The number of carbonyl (C=O) groups excluding carboxylic acids is 1. The van der Waals surface area contributed by atoms with Crippen LogP contribution in [0.15, 0.2) is 42.5 Å². The zero-order valence-electron chi connectivity index (χ0n) is 14.9. The number of likely N-dealkylation sites (N-methyl/N-ethyl adjacent to an activating group) is 1. The molecule has 5 nitrogen and oxygen atoms in total.